The van der Waals surface area contributed by atoms with Gasteiger partial charge in [0.05, 0.1) is 17.2 Å². The second kappa shape index (κ2) is 7.44. The monoisotopic (exact) mass is 385 g/mol. The highest BCUT2D eigenvalue weighted by Gasteiger charge is 2.42. The minimum atomic E-state index is 0.228. The first-order valence-corrected chi connectivity index (χ1v) is 10.8. The maximum absolute atomic E-state index is 6.17. The molecule has 5 rings (SSSR count). The fraction of sp³-hybridized carbons (Fsp3) is 0.579. The summed E-state index contributed by atoms with van der Waals surface area (Å²) >= 11 is 1.73. The lowest BCUT2D eigenvalue weighted by molar-refractivity contribution is 0.267. The third kappa shape index (κ3) is 3.48. The smallest absolute Gasteiger partial charge is 0.128 e. The van der Waals surface area contributed by atoms with Gasteiger partial charge in [-0.3, -0.25) is 10.4 Å². The van der Waals surface area contributed by atoms with E-state index in [4.69, 9.17) is 10.7 Å². The van der Waals surface area contributed by atoms with Crippen LogP contribution in [0, 0.1) is 5.92 Å². The molecular weight excluding hydrogens is 358 g/mol. The van der Waals surface area contributed by atoms with Crippen LogP contribution in [0.1, 0.15) is 41.9 Å². The van der Waals surface area contributed by atoms with Gasteiger partial charge in [-0.25, -0.2) is 10.4 Å². The summed E-state index contributed by atoms with van der Waals surface area (Å²) in [7, 11) is 0. The van der Waals surface area contributed by atoms with E-state index in [2.05, 4.69) is 44.3 Å². The summed E-state index contributed by atoms with van der Waals surface area (Å²) in [6, 6.07) is 7.69. The molecule has 5 atom stereocenters. The maximum Gasteiger partial charge on any atom is 0.128 e. The van der Waals surface area contributed by atoms with E-state index in [1.165, 1.54) is 4.88 Å². The van der Waals surface area contributed by atoms with Gasteiger partial charge in [-0.05, 0) is 31.4 Å². The number of thiazole rings is 1. The molecule has 144 valence electrons. The number of nitrogens with one attached hydrogen (secondary N) is 3. The highest BCUT2D eigenvalue weighted by atomic mass is 32.1. The van der Waals surface area contributed by atoms with Crippen LogP contribution < -0.4 is 26.8 Å². The zero-order valence-corrected chi connectivity index (χ0v) is 16.2. The molecule has 3 aliphatic heterocycles. The first-order chi connectivity index (χ1) is 13.3. The van der Waals surface area contributed by atoms with Gasteiger partial charge in [0.2, 0.25) is 0 Å². The number of aromatic nitrogens is 2. The Kier molecular flexibility index (Phi) is 4.83. The zero-order valence-electron chi connectivity index (χ0n) is 15.3. The van der Waals surface area contributed by atoms with Crippen LogP contribution in [0.2, 0.25) is 0 Å². The van der Waals surface area contributed by atoms with Gasteiger partial charge < -0.3 is 16.0 Å². The van der Waals surface area contributed by atoms with E-state index in [1.807, 2.05) is 11.7 Å². The van der Waals surface area contributed by atoms with Crippen molar-refractivity contribution in [1.29, 1.82) is 0 Å². The molecule has 8 heteroatoms. The molecule has 2 aromatic heterocycles. The average molecular weight is 386 g/mol. The third-order valence-electron chi connectivity index (χ3n) is 6.11. The van der Waals surface area contributed by atoms with Crippen molar-refractivity contribution in [2.24, 2.45) is 11.7 Å². The Morgan fingerprint density at radius 2 is 2.22 bits per heavy atom. The van der Waals surface area contributed by atoms with Gasteiger partial charge in [-0.2, -0.15) is 0 Å². The molecule has 5 heterocycles. The normalized spacial score (nSPS) is 33.8. The Morgan fingerprint density at radius 1 is 1.26 bits per heavy atom. The molecule has 3 fully saturated rings. The molecule has 0 aliphatic carbocycles. The van der Waals surface area contributed by atoms with Crippen LogP contribution in [0.5, 0.6) is 0 Å². The lowest BCUT2D eigenvalue weighted by Gasteiger charge is -2.34. The van der Waals surface area contributed by atoms with Gasteiger partial charge in [0.1, 0.15) is 5.82 Å². The van der Waals surface area contributed by atoms with E-state index in [0.29, 0.717) is 18.0 Å². The van der Waals surface area contributed by atoms with Crippen LogP contribution in [-0.2, 0) is 0 Å². The molecule has 0 radical (unpaired) electrons. The number of rotatable bonds is 3. The van der Waals surface area contributed by atoms with Crippen LogP contribution in [0.3, 0.4) is 0 Å². The van der Waals surface area contributed by atoms with Crippen molar-refractivity contribution in [1.82, 2.24) is 26.1 Å². The summed E-state index contributed by atoms with van der Waals surface area (Å²) in [5.41, 5.74) is 16.2. The third-order valence-corrected chi connectivity index (χ3v) is 7.00. The van der Waals surface area contributed by atoms with E-state index in [0.717, 1.165) is 50.4 Å². The Bertz CT molecular complexity index is 767. The van der Waals surface area contributed by atoms with E-state index < -0.39 is 0 Å². The molecule has 7 nitrogen and oxygen atoms in total. The summed E-state index contributed by atoms with van der Waals surface area (Å²) < 4.78 is 0. The van der Waals surface area contributed by atoms with Gasteiger partial charge in [-0.15, -0.1) is 11.3 Å². The summed E-state index contributed by atoms with van der Waals surface area (Å²) in [5, 5.41) is 3.66. The summed E-state index contributed by atoms with van der Waals surface area (Å²) in [5.74, 6) is 1.56. The largest absolute Gasteiger partial charge is 0.355 e. The number of piperidine rings is 2. The van der Waals surface area contributed by atoms with Gasteiger partial charge >= 0.3 is 0 Å². The number of hydrogen-bond acceptors (Lipinski definition) is 8. The van der Waals surface area contributed by atoms with E-state index in [-0.39, 0.29) is 12.1 Å². The van der Waals surface area contributed by atoms with E-state index >= 15 is 0 Å². The molecule has 0 bridgehead atoms. The quantitative estimate of drug-likeness (QED) is 0.634. The van der Waals surface area contributed by atoms with E-state index in [1.54, 1.807) is 11.3 Å². The van der Waals surface area contributed by atoms with Gasteiger partial charge in [-0.1, -0.05) is 6.07 Å². The predicted molar refractivity (Wildman–Crippen MR) is 107 cm³/mol. The molecule has 0 aromatic carbocycles. The number of nitrogens with two attached hydrogens (primary N) is 1. The van der Waals surface area contributed by atoms with Crippen LogP contribution in [-0.4, -0.2) is 41.7 Å². The van der Waals surface area contributed by atoms with Crippen molar-refractivity contribution in [3.63, 3.8) is 0 Å². The minimum absolute atomic E-state index is 0.228. The number of hydrogen-bond donors (Lipinski definition) is 4. The number of fused-ring (bicyclic) bond motifs is 1. The zero-order chi connectivity index (χ0) is 18.2. The van der Waals surface area contributed by atoms with E-state index in [9.17, 15) is 0 Å². The van der Waals surface area contributed by atoms with Crippen LogP contribution in [0.25, 0.3) is 0 Å². The fourth-order valence-corrected chi connectivity index (χ4v) is 5.39. The Hall–Kier alpha value is -1.58. The van der Waals surface area contributed by atoms with Crippen molar-refractivity contribution >= 4 is 17.2 Å². The lowest BCUT2D eigenvalue weighted by Crippen LogP contribution is -2.46. The minimum Gasteiger partial charge on any atom is -0.355 e. The Morgan fingerprint density at radius 3 is 3.07 bits per heavy atom. The molecule has 5 N–H and O–H groups in total. The molecule has 0 spiro atoms. The summed E-state index contributed by atoms with van der Waals surface area (Å²) in [4.78, 5) is 12.9. The van der Waals surface area contributed by atoms with Gasteiger partial charge in [0, 0.05) is 54.8 Å². The Labute approximate surface area is 163 Å². The molecule has 2 aromatic rings. The molecule has 0 saturated carbocycles. The second-order valence-electron chi connectivity index (χ2n) is 7.91. The highest BCUT2D eigenvalue weighted by molar-refractivity contribution is 7.09. The number of anilines is 1. The van der Waals surface area contributed by atoms with Crippen molar-refractivity contribution in [3.8, 4) is 0 Å². The molecule has 4 unspecified atom stereocenters. The van der Waals surface area contributed by atoms with Crippen molar-refractivity contribution in [2.75, 3.05) is 24.5 Å². The Balaban J connectivity index is 1.35. The number of pyridine rings is 1. The predicted octanol–water partition coefficient (Wildman–Crippen LogP) is 1.33. The SMILES string of the molecule is N[C@H]1CCCN(c2cccc(C3NNC4CNC(c5cncs5)CC43)n2)C1. The van der Waals surface area contributed by atoms with Crippen LogP contribution in [0.15, 0.2) is 29.9 Å². The van der Waals surface area contributed by atoms with Crippen LogP contribution >= 0.6 is 11.3 Å². The topological polar surface area (TPSA) is 91.1 Å². The number of nitrogens with zero attached hydrogens (tertiary/aromatic N) is 3. The first kappa shape index (κ1) is 17.5. The molecule has 0 amide bonds. The summed E-state index contributed by atoms with van der Waals surface area (Å²) in [6.07, 6.45) is 5.33. The molecule has 3 aliphatic rings. The standard InChI is InChI=1S/C19H27N7S/c20-12-3-2-6-26(10-12)18-5-1-4-14(23-18)19-13-7-15(17-9-21-11-27-17)22-8-16(13)24-25-19/h1,4-5,9,11-13,15-16,19,22,24-25H,2-3,6-8,10,20H2/t12-,13?,15?,16?,19?/m0/s1. The maximum atomic E-state index is 6.17. The van der Waals surface area contributed by atoms with Crippen molar-refractivity contribution in [3.05, 3.63) is 40.5 Å². The molecular formula is C19H27N7S. The second-order valence-corrected chi connectivity index (χ2v) is 8.82. The van der Waals surface area contributed by atoms with Gasteiger partial charge in [0.15, 0.2) is 0 Å². The van der Waals surface area contributed by atoms with Crippen molar-refractivity contribution < 1.29 is 0 Å². The highest BCUT2D eigenvalue weighted by Crippen LogP contribution is 2.39. The van der Waals surface area contributed by atoms with Gasteiger partial charge in [0.25, 0.3) is 0 Å². The average Bonchev–Trinajstić information content (AvgIpc) is 3.37. The lowest BCUT2D eigenvalue weighted by atomic mass is 9.83. The fourth-order valence-electron chi connectivity index (χ4n) is 4.69. The van der Waals surface area contributed by atoms with Crippen molar-refractivity contribution in [2.45, 2.75) is 43.4 Å². The molecule has 3 saturated heterocycles. The number of hydrazine groups is 1. The molecule has 27 heavy (non-hydrogen) atoms. The first-order valence-electron chi connectivity index (χ1n) is 9.88. The summed E-state index contributed by atoms with van der Waals surface area (Å²) in [6.45, 7) is 2.90. The van der Waals surface area contributed by atoms with Crippen LogP contribution in [0.4, 0.5) is 5.82 Å².